The molecule has 2 heterocycles. The minimum absolute atomic E-state index is 0.0164. The molecule has 0 radical (unpaired) electrons. The van der Waals surface area contributed by atoms with Crippen molar-refractivity contribution in [2.24, 2.45) is 0 Å². The smallest absolute Gasteiger partial charge is 0.322 e. The molecule has 0 spiro atoms. The summed E-state index contributed by atoms with van der Waals surface area (Å²) in [6, 6.07) is 10.2. The standard InChI is InChI=1S/C14H11N3O4/c1-19-10-6-3-2-5-9(10)12(18)15-14-17-16-13(21-14)11-7-4-8-20-11/h2-8H,1H3,(H,15,17,18). The molecule has 21 heavy (non-hydrogen) atoms. The van der Waals surface area contributed by atoms with Gasteiger partial charge in [0.05, 0.1) is 18.9 Å². The van der Waals surface area contributed by atoms with E-state index < -0.39 is 5.91 Å². The van der Waals surface area contributed by atoms with Gasteiger partial charge >= 0.3 is 6.01 Å². The van der Waals surface area contributed by atoms with Crippen molar-refractivity contribution in [3.05, 3.63) is 48.2 Å². The average molecular weight is 285 g/mol. The summed E-state index contributed by atoms with van der Waals surface area (Å²) in [4.78, 5) is 12.1. The van der Waals surface area contributed by atoms with Crippen molar-refractivity contribution in [2.75, 3.05) is 12.4 Å². The van der Waals surface area contributed by atoms with Crippen LogP contribution in [0.3, 0.4) is 0 Å². The predicted octanol–water partition coefficient (Wildman–Crippen LogP) is 2.59. The highest BCUT2D eigenvalue weighted by Crippen LogP contribution is 2.22. The van der Waals surface area contributed by atoms with Crippen LogP contribution in [0.25, 0.3) is 11.7 Å². The molecule has 0 unspecified atom stereocenters. The largest absolute Gasteiger partial charge is 0.496 e. The first-order chi connectivity index (χ1) is 10.3. The van der Waals surface area contributed by atoms with Gasteiger partial charge < -0.3 is 13.6 Å². The van der Waals surface area contributed by atoms with Crippen molar-refractivity contribution in [3.63, 3.8) is 0 Å². The summed E-state index contributed by atoms with van der Waals surface area (Å²) in [6.07, 6.45) is 1.49. The molecule has 0 saturated heterocycles. The molecule has 106 valence electrons. The normalized spacial score (nSPS) is 10.3. The first kappa shape index (κ1) is 12.9. The van der Waals surface area contributed by atoms with Crippen LogP contribution in [0.4, 0.5) is 6.01 Å². The molecule has 7 nitrogen and oxygen atoms in total. The maximum atomic E-state index is 12.1. The molecule has 0 atom stereocenters. The highest BCUT2D eigenvalue weighted by atomic mass is 16.5. The quantitative estimate of drug-likeness (QED) is 0.792. The number of hydrogen-bond donors (Lipinski definition) is 1. The second kappa shape index (κ2) is 5.49. The van der Waals surface area contributed by atoms with Crippen LogP contribution in [-0.2, 0) is 0 Å². The zero-order chi connectivity index (χ0) is 14.7. The molecule has 0 aliphatic heterocycles. The minimum atomic E-state index is -0.401. The summed E-state index contributed by atoms with van der Waals surface area (Å²) in [5.74, 6) is 0.679. The zero-order valence-corrected chi connectivity index (χ0v) is 11.1. The Morgan fingerprint density at radius 1 is 1.19 bits per heavy atom. The Kier molecular flexibility index (Phi) is 3.38. The number of furan rings is 1. The van der Waals surface area contributed by atoms with Gasteiger partial charge in [-0.05, 0) is 24.3 Å². The van der Waals surface area contributed by atoms with Crippen molar-refractivity contribution in [2.45, 2.75) is 0 Å². The van der Waals surface area contributed by atoms with Crippen LogP contribution in [0.2, 0.25) is 0 Å². The van der Waals surface area contributed by atoms with E-state index in [2.05, 4.69) is 15.5 Å². The lowest BCUT2D eigenvalue weighted by Gasteiger charge is -2.06. The molecule has 1 N–H and O–H groups in total. The third-order valence-corrected chi connectivity index (χ3v) is 2.73. The van der Waals surface area contributed by atoms with Crippen LogP contribution in [0.1, 0.15) is 10.4 Å². The molecule has 0 fully saturated rings. The van der Waals surface area contributed by atoms with Crippen molar-refractivity contribution in [1.82, 2.24) is 10.2 Å². The van der Waals surface area contributed by atoms with Gasteiger partial charge in [0, 0.05) is 0 Å². The van der Waals surface area contributed by atoms with Gasteiger partial charge in [-0.1, -0.05) is 17.2 Å². The monoisotopic (exact) mass is 285 g/mol. The summed E-state index contributed by atoms with van der Waals surface area (Å²) < 4.78 is 15.6. The minimum Gasteiger partial charge on any atom is -0.496 e. The number of ether oxygens (including phenoxy) is 1. The first-order valence-electron chi connectivity index (χ1n) is 6.09. The fraction of sp³-hybridized carbons (Fsp3) is 0.0714. The molecule has 0 bridgehead atoms. The molecule has 0 saturated carbocycles. The molecule has 7 heteroatoms. The lowest BCUT2D eigenvalue weighted by molar-refractivity contribution is 0.102. The Morgan fingerprint density at radius 2 is 2.05 bits per heavy atom. The van der Waals surface area contributed by atoms with Crippen molar-refractivity contribution in [3.8, 4) is 17.4 Å². The van der Waals surface area contributed by atoms with Crippen LogP contribution < -0.4 is 10.1 Å². The van der Waals surface area contributed by atoms with E-state index in [0.29, 0.717) is 17.1 Å². The number of methoxy groups -OCH3 is 1. The number of hydrogen-bond acceptors (Lipinski definition) is 6. The van der Waals surface area contributed by atoms with E-state index in [1.54, 1.807) is 36.4 Å². The fourth-order valence-electron chi connectivity index (χ4n) is 1.77. The first-order valence-corrected chi connectivity index (χ1v) is 6.09. The molecular weight excluding hydrogens is 274 g/mol. The maximum absolute atomic E-state index is 12.1. The number of rotatable bonds is 4. The maximum Gasteiger partial charge on any atom is 0.322 e. The SMILES string of the molecule is COc1ccccc1C(=O)Nc1nnc(-c2ccco2)o1. The zero-order valence-electron chi connectivity index (χ0n) is 11.1. The molecular formula is C14H11N3O4. The Hall–Kier alpha value is -3.09. The van der Waals surface area contributed by atoms with Gasteiger partial charge in [-0.25, -0.2) is 0 Å². The summed E-state index contributed by atoms with van der Waals surface area (Å²) in [6.45, 7) is 0. The van der Waals surface area contributed by atoms with Gasteiger partial charge in [0.2, 0.25) is 0 Å². The van der Waals surface area contributed by atoms with Crippen molar-refractivity contribution < 1.29 is 18.4 Å². The van der Waals surface area contributed by atoms with E-state index in [9.17, 15) is 4.79 Å². The van der Waals surface area contributed by atoms with E-state index >= 15 is 0 Å². The molecule has 3 aromatic rings. The Morgan fingerprint density at radius 3 is 2.81 bits per heavy atom. The number of benzene rings is 1. The number of nitrogens with zero attached hydrogens (tertiary/aromatic N) is 2. The number of para-hydroxylation sites is 1. The number of carbonyl (C=O) groups excluding carboxylic acids is 1. The van der Waals surface area contributed by atoms with E-state index in [0.717, 1.165) is 0 Å². The van der Waals surface area contributed by atoms with Crippen molar-refractivity contribution in [1.29, 1.82) is 0 Å². The van der Waals surface area contributed by atoms with Crippen molar-refractivity contribution >= 4 is 11.9 Å². The summed E-state index contributed by atoms with van der Waals surface area (Å²) in [7, 11) is 1.49. The number of anilines is 1. The lowest BCUT2D eigenvalue weighted by atomic mass is 10.2. The van der Waals surface area contributed by atoms with Crippen LogP contribution in [0.15, 0.2) is 51.5 Å². The fourth-order valence-corrected chi connectivity index (χ4v) is 1.77. The highest BCUT2D eigenvalue weighted by molar-refractivity contribution is 6.05. The van der Waals surface area contributed by atoms with Crippen LogP contribution in [0.5, 0.6) is 5.75 Å². The Labute approximate surface area is 119 Å². The average Bonchev–Trinajstić information content (AvgIpc) is 3.17. The molecule has 0 aliphatic carbocycles. The van der Waals surface area contributed by atoms with Crippen LogP contribution in [0, 0.1) is 0 Å². The topological polar surface area (TPSA) is 90.4 Å². The van der Waals surface area contributed by atoms with Crippen LogP contribution in [-0.4, -0.2) is 23.2 Å². The molecule has 1 aromatic carbocycles. The van der Waals surface area contributed by atoms with Gasteiger partial charge in [0.1, 0.15) is 5.75 Å². The van der Waals surface area contributed by atoms with E-state index in [-0.39, 0.29) is 11.9 Å². The summed E-state index contributed by atoms with van der Waals surface area (Å²) in [5.41, 5.74) is 0.373. The molecule has 2 aromatic heterocycles. The van der Waals surface area contributed by atoms with Crippen LogP contribution >= 0.6 is 0 Å². The summed E-state index contributed by atoms with van der Waals surface area (Å²) in [5, 5.41) is 10.0. The third kappa shape index (κ3) is 2.62. The second-order valence-corrected chi connectivity index (χ2v) is 4.04. The highest BCUT2D eigenvalue weighted by Gasteiger charge is 2.16. The van der Waals surface area contributed by atoms with E-state index in [4.69, 9.17) is 13.6 Å². The number of aromatic nitrogens is 2. The molecule has 3 rings (SSSR count). The number of carbonyl (C=O) groups is 1. The third-order valence-electron chi connectivity index (χ3n) is 2.73. The lowest BCUT2D eigenvalue weighted by Crippen LogP contribution is -2.13. The predicted molar refractivity (Wildman–Crippen MR) is 72.9 cm³/mol. The van der Waals surface area contributed by atoms with Gasteiger partial charge in [-0.15, -0.1) is 5.10 Å². The number of amides is 1. The van der Waals surface area contributed by atoms with E-state index in [1.165, 1.54) is 13.4 Å². The molecule has 0 aliphatic rings. The van der Waals surface area contributed by atoms with Gasteiger partial charge in [0.15, 0.2) is 5.76 Å². The van der Waals surface area contributed by atoms with E-state index in [1.807, 2.05) is 0 Å². The second-order valence-electron chi connectivity index (χ2n) is 4.04. The number of nitrogens with one attached hydrogen (secondary N) is 1. The molecule has 1 amide bonds. The van der Waals surface area contributed by atoms with Gasteiger partial charge in [0.25, 0.3) is 11.8 Å². The van der Waals surface area contributed by atoms with Gasteiger partial charge in [-0.2, -0.15) is 0 Å². The Balaban J connectivity index is 1.79. The van der Waals surface area contributed by atoms with Gasteiger partial charge in [-0.3, -0.25) is 10.1 Å². The summed E-state index contributed by atoms with van der Waals surface area (Å²) >= 11 is 0. The Bertz CT molecular complexity index is 749.